The number of carbonyl (C=O) groups is 1. The maximum absolute atomic E-state index is 14.0. The first-order chi connectivity index (χ1) is 20.3. The van der Waals surface area contributed by atoms with Crippen molar-refractivity contribution in [3.8, 4) is 5.75 Å². The van der Waals surface area contributed by atoms with E-state index in [9.17, 15) is 4.79 Å². The molecule has 0 fully saturated rings. The van der Waals surface area contributed by atoms with Gasteiger partial charge >= 0.3 is 0 Å². The van der Waals surface area contributed by atoms with E-state index in [4.69, 9.17) is 10.5 Å². The van der Waals surface area contributed by atoms with Crippen LogP contribution in [0.25, 0.3) is 0 Å². The molecule has 1 heterocycles. The van der Waals surface area contributed by atoms with E-state index in [-0.39, 0.29) is 11.9 Å². The number of benzene rings is 4. The molecule has 0 saturated heterocycles. The lowest BCUT2D eigenvalue weighted by molar-refractivity contribution is -0.135. The molecule has 1 aliphatic rings. The summed E-state index contributed by atoms with van der Waals surface area (Å²) in [6.45, 7) is 10.2. The second-order valence-electron chi connectivity index (χ2n) is 11.5. The maximum atomic E-state index is 14.0. The van der Waals surface area contributed by atoms with Gasteiger partial charge in [-0.1, -0.05) is 72.3 Å². The molecule has 42 heavy (non-hydrogen) atoms. The fourth-order valence-electron chi connectivity index (χ4n) is 6.39. The minimum atomic E-state index is -0.600. The molecule has 1 aliphatic heterocycles. The van der Waals surface area contributed by atoms with E-state index in [1.807, 2.05) is 41.3 Å². The smallest absolute Gasteiger partial charge is 0.240 e. The van der Waals surface area contributed by atoms with Crippen LogP contribution < -0.4 is 15.8 Å². The second kappa shape index (κ2) is 13.3. The first kappa shape index (κ1) is 29.4. The number of rotatable bonds is 10. The third-order valence-electron chi connectivity index (χ3n) is 8.36. The van der Waals surface area contributed by atoms with Crippen LogP contribution in [0.15, 0.2) is 84.9 Å². The number of fused-ring (bicyclic) bond motifs is 1. The van der Waals surface area contributed by atoms with Crippen LogP contribution >= 0.6 is 0 Å². The van der Waals surface area contributed by atoms with E-state index in [0.717, 1.165) is 42.0 Å². The van der Waals surface area contributed by atoms with E-state index in [0.29, 0.717) is 19.6 Å². The molecule has 2 unspecified atom stereocenters. The Morgan fingerprint density at radius 2 is 1.62 bits per heavy atom. The van der Waals surface area contributed by atoms with Gasteiger partial charge in [0.25, 0.3) is 0 Å². The molecule has 2 atom stereocenters. The van der Waals surface area contributed by atoms with Gasteiger partial charge in [-0.15, -0.1) is 0 Å². The van der Waals surface area contributed by atoms with Gasteiger partial charge in [0.2, 0.25) is 5.91 Å². The van der Waals surface area contributed by atoms with Crippen molar-refractivity contribution >= 4 is 11.6 Å². The van der Waals surface area contributed by atoms with Gasteiger partial charge in [-0.2, -0.15) is 0 Å². The Balaban J connectivity index is 1.46. The molecular formula is C37H43N3O2. The Morgan fingerprint density at radius 3 is 2.29 bits per heavy atom. The summed E-state index contributed by atoms with van der Waals surface area (Å²) in [5.74, 6) is 0.843. The number of hydrogen-bond acceptors (Lipinski definition) is 4. The summed E-state index contributed by atoms with van der Waals surface area (Å²) >= 11 is 0. The van der Waals surface area contributed by atoms with Gasteiger partial charge in [-0.05, 0) is 98.5 Å². The van der Waals surface area contributed by atoms with E-state index < -0.39 is 6.04 Å². The number of amides is 1. The molecule has 5 nitrogen and oxygen atoms in total. The highest BCUT2D eigenvalue weighted by molar-refractivity contribution is 5.83. The molecule has 0 radical (unpaired) electrons. The van der Waals surface area contributed by atoms with Crippen LogP contribution in [-0.2, 0) is 24.2 Å². The monoisotopic (exact) mass is 561 g/mol. The van der Waals surface area contributed by atoms with Crippen LogP contribution in [0.1, 0.15) is 63.9 Å². The largest absolute Gasteiger partial charge is 0.489 e. The molecule has 0 aliphatic carbocycles. The molecule has 0 bridgehead atoms. The Labute approximate surface area is 250 Å². The molecule has 4 aromatic carbocycles. The predicted molar refractivity (Wildman–Crippen MR) is 172 cm³/mol. The van der Waals surface area contributed by atoms with Crippen LogP contribution in [0.3, 0.4) is 0 Å². The zero-order valence-electron chi connectivity index (χ0n) is 25.3. The van der Waals surface area contributed by atoms with Crippen molar-refractivity contribution in [1.29, 1.82) is 0 Å². The summed E-state index contributed by atoms with van der Waals surface area (Å²) < 4.78 is 6.23. The Morgan fingerprint density at radius 1 is 0.952 bits per heavy atom. The van der Waals surface area contributed by atoms with Crippen molar-refractivity contribution in [3.05, 3.63) is 129 Å². The number of anilines is 1. The summed E-state index contributed by atoms with van der Waals surface area (Å²) in [4.78, 5) is 16.0. The third-order valence-corrected chi connectivity index (χ3v) is 8.36. The van der Waals surface area contributed by atoms with E-state index >= 15 is 0 Å². The van der Waals surface area contributed by atoms with Gasteiger partial charge < -0.3 is 20.7 Å². The van der Waals surface area contributed by atoms with E-state index in [2.05, 4.69) is 81.5 Å². The summed E-state index contributed by atoms with van der Waals surface area (Å²) in [5.41, 5.74) is 17.2. The zero-order chi connectivity index (χ0) is 29.6. The summed E-state index contributed by atoms with van der Waals surface area (Å²) in [6.07, 6.45) is 2.18. The normalized spacial score (nSPS) is 14.9. The highest BCUT2D eigenvalue weighted by atomic mass is 16.5. The average molecular weight is 562 g/mol. The predicted octanol–water partition coefficient (Wildman–Crippen LogP) is 7.06. The number of aryl methyl sites for hydroxylation is 3. The topological polar surface area (TPSA) is 67.6 Å². The van der Waals surface area contributed by atoms with Crippen molar-refractivity contribution in [2.75, 3.05) is 18.4 Å². The number of likely N-dealkylation sites (N-methyl/N-ethyl adjacent to an activating group) is 1. The average Bonchev–Trinajstić information content (AvgIpc) is 2.99. The van der Waals surface area contributed by atoms with Crippen LogP contribution in [0.4, 0.5) is 5.69 Å². The lowest BCUT2D eigenvalue weighted by Gasteiger charge is -2.38. The van der Waals surface area contributed by atoms with Crippen molar-refractivity contribution in [1.82, 2.24) is 4.90 Å². The zero-order valence-corrected chi connectivity index (χ0v) is 25.3. The lowest BCUT2D eigenvalue weighted by Crippen LogP contribution is -2.47. The Kier molecular flexibility index (Phi) is 9.28. The van der Waals surface area contributed by atoms with Gasteiger partial charge in [0.15, 0.2) is 0 Å². The van der Waals surface area contributed by atoms with E-state index in [1.54, 1.807) is 0 Å². The van der Waals surface area contributed by atoms with Gasteiger partial charge in [-0.25, -0.2) is 0 Å². The maximum Gasteiger partial charge on any atom is 0.240 e. The number of para-hydroxylation sites is 1. The fourth-order valence-corrected chi connectivity index (χ4v) is 6.39. The molecule has 0 saturated carbocycles. The molecular weight excluding hydrogens is 518 g/mol. The summed E-state index contributed by atoms with van der Waals surface area (Å²) in [7, 11) is 0. The minimum Gasteiger partial charge on any atom is -0.489 e. The van der Waals surface area contributed by atoms with Crippen molar-refractivity contribution < 1.29 is 9.53 Å². The van der Waals surface area contributed by atoms with Crippen molar-refractivity contribution in [2.24, 2.45) is 5.73 Å². The van der Waals surface area contributed by atoms with Gasteiger partial charge in [0.1, 0.15) is 12.4 Å². The van der Waals surface area contributed by atoms with Crippen molar-refractivity contribution in [2.45, 2.75) is 65.6 Å². The van der Waals surface area contributed by atoms with Gasteiger partial charge in [0.05, 0.1) is 12.1 Å². The second-order valence-corrected chi connectivity index (χ2v) is 11.5. The molecule has 0 aromatic heterocycles. The lowest BCUT2D eigenvalue weighted by atomic mass is 9.89. The molecule has 4 aromatic rings. The first-order valence-electron chi connectivity index (χ1n) is 15.1. The minimum absolute atomic E-state index is 0.00488. The molecule has 0 spiro atoms. The number of hydrogen-bond donors (Lipinski definition) is 2. The number of nitrogens with one attached hydrogen (secondary N) is 1. The highest BCUT2D eigenvalue weighted by Crippen LogP contribution is 2.39. The first-order valence-corrected chi connectivity index (χ1v) is 15.1. The van der Waals surface area contributed by atoms with E-state index in [1.165, 1.54) is 33.4 Å². The van der Waals surface area contributed by atoms with Crippen LogP contribution in [0.2, 0.25) is 0 Å². The van der Waals surface area contributed by atoms with Crippen LogP contribution in [-0.4, -0.2) is 29.9 Å². The number of carbonyl (C=O) groups excluding carboxylic acids is 1. The molecule has 1 amide bonds. The molecule has 3 N–H and O–H groups in total. The van der Waals surface area contributed by atoms with Crippen LogP contribution in [0, 0.1) is 20.8 Å². The highest BCUT2D eigenvalue weighted by Gasteiger charge is 2.33. The number of ether oxygens (including phenoxy) is 1. The van der Waals surface area contributed by atoms with Crippen molar-refractivity contribution in [3.63, 3.8) is 0 Å². The standard InChI is InChI=1S/C37H43N3O2/c1-5-40(37(41)34(38)23-32-26(3)18-25(2)19-27(32)4)35-16-17-39-36-30(24-42-31-14-10-7-11-15-31)21-29(22-33(35)36)20-28-12-8-6-9-13-28/h6-15,18-19,21-22,34-35,39H,5,16-17,20,23-24,38H2,1-4H3. The molecule has 5 heteroatoms. The Bertz CT molecular complexity index is 1490. The fraction of sp³-hybridized carbons (Fsp3) is 0.324. The van der Waals surface area contributed by atoms with Gasteiger partial charge in [-0.3, -0.25) is 4.79 Å². The summed E-state index contributed by atoms with van der Waals surface area (Å²) in [5, 5.41) is 3.65. The quantitative estimate of drug-likeness (QED) is 0.218. The number of nitrogens with zero attached hydrogens (tertiary/aromatic N) is 1. The Hall–Kier alpha value is -4.09. The number of nitrogens with two attached hydrogens (primary N) is 1. The third kappa shape index (κ3) is 6.69. The summed E-state index contributed by atoms with van der Waals surface area (Å²) in [6, 6.07) is 28.6. The molecule has 5 rings (SSSR count). The van der Waals surface area contributed by atoms with Gasteiger partial charge in [0, 0.05) is 24.3 Å². The SMILES string of the molecule is CCN(C(=O)C(N)Cc1c(C)cc(C)cc1C)C1CCNc2c(COc3ccccc3)cc(Cc3ccccc3)cc21. The molecule has 218 valence electrons. The van der Waals surface area contributed by atoms with Crippen LogP contribution in [0.5, 0.6) is 5.75 Å².